The van der Waals surface area contributed by atoms with Crippen LogP contribution in [0.2, 0.25) is 0 Å². The van der Waals surface area contributed by atoms with E-state index in [-0.39, 0.29) is 37.1 Å². The van der Waals surface area contributed by atoms with Crippen LogP contribution < -0.4 is 20.1 Å². The van der Waals surface area contributed by atoms with Crippen LogP contribution in [0.1, 0.15) is 71.3 Å². The van der Waals surface area contributed by atoms with Gasteiger partial charge in [0.05, 0.1) is 63.3 Å². The van der Waals surface area contributed by atoms with Crippen LogP contribution >= 0.6 is 22.7 Å². The first-order valence-electron chi connectivity index (χ1n) is 22.2. The van der Waals surface area contributed by atoms with Gasteiger partial charge in [-0.15, -0.1) is 22.7 Å². The van der Waals surface area contributed by atoms with Gasteiger partial charge >= 0.3 is 12.2 Å². The number of carbonyl (C=O) groups is 4. The van der Waals surface area contributed by atoms with Gasteiger partial charge in [-0.3, -0.25) is 9.59 Å². The Balaban J connectivity index is 1.05. The Morgan fingerprint density at radius 1 is 0.647 bits per heavy atom. The topological polar surface area (TPSA) is 212 Å². The van der Waals surface area contributed by atoms with Crippen molar-refractivity contribution in [3.63, 3.8) is 0 Å². The molecule has 4 unspecified atom stereocenters. The van der Waals surface area contributed by atoms with Crippen molar-refractivity contribution in [2.75, 3.05) is 68.0 Å². The summed E-state index contributed by atoms with van der Waals surface area (Å²) in [4.78, 5) is 74.1. The second kappa shape index (κ2) is 22.4. The molecule has 0 radical (unpaired) electrons. The molecule has 4 amide bonds. The summed E-state index contributed by atoms with van der Waals surface area (Å²) in [5.74, 6) is 1.97. The number of ether oxygens (including phenoxy) is 6. The minimum Gasteiger partial charge on any atom is -0.491 e. The number of imidazole rings is 2. The Morgan fingerprint density at radius 2 is 1.09 bits per heavy atom. The van der Waals surface area contributed by atoms with E-state index in [2.05, 4.69) is 20.6 Å². The van der Waals surface area contributed by atoms with Gasteiger partial charge in [-0.25, -0.2) is 19.6 Å². The number of carbonyl (C=O) groups excluding carboxylic acids is 4. The van der Waals surface area contributed by atoms with Crippen molar-refractivity contribution in [3.05, 3.63) is 105 Å². The van der Waals surface area contributed by atoms with E-state index in [0.717, 1.165) is 46.5 Å². The standard InChI is InChI=1S/C48H54N8O10S2/c1-61-19-21-65-37-25-29(33-27-49-43(51-33)35-9-5-17-55(35)45(57)41(53-47(59)63-3)39-11-7-23-67-39)13-15-31(37)32-16-14-30(26-38(32)66-22-20-62-2)34-28-50-44(52-34)36-10-6-18-56(36)46(58)42(54-48(60)64-4)40-12-8-24-68-40/h7-8,11-16,23-28,35-36,41-42H,5-6,9-10,17-22H2,1-4H3,(H,49,51)(H,50,52)(H,53,59)(H,54,60). The van der Waals surface area contributed by atoms with Gasteiger partial charge in [0.1, 0.15) is 48.4 Å². The van der Waals surface area contributed by atoms with E-state index in [9.17, 15) is 19.2 Å². The molecule has 0 bridgehead atoms. The van der Waals surface area contributed by atoms with Gasteiger partial charge in [-0.05, 0) is 72.8 Å². The lowest BCUT2D eigenvalue weighted by Gasteiger charge is -2.27. The van der Waals surface area contributed by atoms with E-state index in [1.165, 1.54) is 36.9 Å². The number of rotatable bonds is 19. The van der Waals surface area contributed by atoms with Gasteiger partial charge in [0.15, 0.2) is 0 Å². The normalized spacial score (nSPS) is 16.6. The summed E-state index contributed by atoms with van der Waals surface area (Å²) in [5, 5.41) is 9.16. The molecule has 4 aromatic heterocycles. The van der Waals surface area contributed by atoms with E-state index in [1.54, 1.807) is 36.4 Å². The van der Waals surface area contributed by atoms with Gasteiger partial charge in [0, 0.05) is 59.3 Å². The first-order chi connectivity index (χ1) is 33.2. The van der Waals surface area contributed by atoms with Crippen LogP contribution in [-0.2, 0) is 28.5 Å². The Bertz CT molecular complexity index is 2470. The molecule has 8 rings (SSSR count). The Morgan fingerprint density at radius 3 is 1.47 bits per heavy atom. The molecule has 2 aliphatic heterocycles. The molecule has 2 aromatic carbocycles. The number of aromatic nitrogens is 4. The maximum absolute atomic E-state index is 14.0. The molecule has 2 aliphatic rings. The summed E-state index contributed by atoms with van der Waals surface area (Å²) >= 11 is 2.78. The number of hydrogen-bond donors (Lipinski definition) is 4. The average molecular weight is 967 g/mol. The van der Waals surface area contributed by atoms with E-state index in [1.807, 2.05) is 71.4 Å². The van der Waals surface area contributed by atoms with Crippen LogP contribution in [-0.4, -0.2) is 122 Å². The highest BCUT2D eigenvalue weighted by Crippen LogP contribution is 2.42. The molecule has 6 aromatic rings. The number of amides is 4. The molecule has 18 nitrogen and oxygen atoms in total. The number of alkyl carbamates (subject to hydrolysis) is 2. The fraction of sp³-hybridized carbons (Fsp3) is 0.375. The summed E-state index contributed by atoms with van der Waals surface area (Å²) in [7, 11) is 5.78. The maximum Gasteiger partial charge on any atom is 0.407 e. The second-order valence-corrected chi connectivity index (χ2v) is 18.0. The van der Waals surface area contributed by atoms with Gasteiger partial charge < -0.3 is 58.8 Å². The van der Waals surface area contributed by atoms with Crippen LogP contribution in [0, 0.1) is 0 Å². The van der Waals surface area contributed by atoms with Crippen LogP contribution in [0.15, 0.2) is 83.8 Å². The van der Waals surface area contributed by atoms with Crippen molar-refractivity contribution in [2.45, 2.75) is 49.9 Å². The molecule has 358 valence electrons. The molecule has 6 heterocycles. The number of nitrogens with one attached hydrogen (secondary N) is 4. The molecule has 20 heteroatoms. The lowest BCUT2D eigenvalue weighted by Crippen LogP contribution is -2.42. The van der Waals surface area contributed by atoms with E-state index >= 15 is 0 Å². The van der Waals surface area contributed by atoms with Gasteiger partial charge in [-0.2, -0.15) is 0 Å². The second-order valence-electron chi connectivity index (χ2n) is 16.0. The van der Waals surface area contributed by atoms with Crippen molar-refractivity contribution in [1.29, 1.82) is 0 Å². The molecule has 2 saturated heterocycles. The summed E-state index contributed by atoms with van der Waals surface area (Å²) in [6, 6.07) is 16.7. The summed E-state index contributed by atoms with van der Waals surface area (Å²) < 4.78 is 33.2. The van der Waals surface area contributed by atoms with Gasteiger partial charge in [0.2, 0.25) is 0 Å². The quantitative estimate of drug-likeness (QED) is 0.0573. The molecule has 68 heavy (non-hydrogen) atoms. The van der Waals surface area contributed by atoms with E-state index < -0.39 is 24.3 Å². The summed E-state index contributed by atoms with van der Waals surface area (Å²) in [6.45, 7) is 2.32. The predicted molar refractivity (Wildman–Crippen MR) is 254 cm³/mol. The Labute approximate surface area is 401 Å². The Hall–Kier alpha value is -6.74. The molecule has 0 saturated carbocycles. The van der Waals surface area contributed by atoms with Gasteiger partial charge in [-0.1, -0.05) is 24.3 Å². The lowest BCUT2D eigenvalue weighted by atomic mass is 9.98. The number of H-pyrrole nitrogens is 2. The third kappa shape index (κ3) is 10.7. The zero-order valence-electron chi connectivity index (χ0n) is 38.2. The van der Waals surface area contributed by atoms with Crippen LogP contribution in [0.25, 0.3) is 33.6 Å². The molecule has 4 atom stereocenters. The third-order valence-corrected chi connectivity index (χ3v) is 13.8. The van der Waals surface area contributed by atoms with Crippen LogP contribution in [0.5, 0.6) is 11.5 Å². The molecular formula is C48H54N8O10S2. The lowest BCUT2D eigenvalue weighted by molar-refractivity contribution is -0.135. The molecular weight excluding hydrogens is 913 g/mol. The summed E-state index contributed by atoms with van der Waals surface area (Å²) in [5.41, 5.74) is 4.64. The first-order valence-corrected chi connectivity index (χ1v) is 24.0. The number of thiophene rings is 2. The highest BCUT2D eigenvalue weighted by atomic mass is 32.1. The number of benzene rings is 2. The van der Waals surface area contributed by atoms with Crippen molar-refractivity contribution >= 4 is 46.7 Å². The van der Waals surface area contributed by atoms with Crippen molar-refractivity contribution in [1.82, 2.24) is 40.4 Å². The molecule has 4 N–H and O–H groups in total. The van der Waals surface area contributed by atoms with Crippen molar-refractivity contribution in [3.8, 4) is 45.1 Å². The van der Waals surface area contributed by atoms with Crippen molar-refractivity contribution < 1.29 is 47.6 Å². The largest absolute Gasteiger partial charge is 0.491 e. The number of likely N-dealkylation sites (tertiary alicyclic amines) is 2. The predicted octanol–water partition coefficient (Wildman–Crippen LogP) is 7.83. The minimum absolute atomic E-state index is 0.235. The zero-order chi connectivity index (χ0) is 47.6. The highest BCUT2D eigenvalue weighted by molar-refractivity contribution is 7.10. The summed E-state index contributed by atoms with van der Waals surface area (Å²) in [6.07, 6.45) is 5.09. The number of aromatic amines is 2. The minimum atomic E-state index is -0.888. The molecule has 0 aliphatic carbocycles. The number of hydrogen-bond acceptors (Lipinski definition) is 14. The van der Waals surface area contributed by atoms with Gasteiger partial charge in [0.25, 0.3) is 11.8 Å². The van der Waals surface area contributed by atoms with Crippen molar-refractivity contribution in [2.24, 2.45) is 0 Å². The first kappa shape index (κ1) is 47.7. The SMILES string of the molecule is COCCOc1cc(-c2cnc(C3CCCN3C(=O)C(NC(=O)OC)c3cccs3)[nH]2)ccc1-c1ccc(-c2cnc(C3CCCN3C(=O)C(NC(=O)OC)c3cccs3)[nH]2)cc1OCCOC. The fourth-order valence-electron chi connectivity index (χ4n) is 8.57. The van der Waals surface area contributed by atoms with Crippen LogP contribution in [0.3, 0.4) is 0 Å². The zero-order valence-corrected chi connectivity index (χ0v) is 39.8. The van der Waals surface area contributed by atoms with E-state index in [0.29, 0.717) is 72.0 Å². The number of methoxy groups -OCH3 is 4. The average Bonchev–Trinajstić information content (AvgIpc) is 4.22. The molecule has 2 fully saturated rings. The fourth-order valence-corrected chi connectivity index (χ4v) is 10.1. The smallest absolute Gasteiger partial charge is 0.407 e. The maximum atomic E-state index is 14.0. The highest BCUT2D eigenvalue weighted by Gasteiger charge is 2.39. The third-order valence-electron chi connectivity index (χ3n) is 11.9. The van der Waals surface area contributed by atoms with E-state index in [4.69, 9.17) is 38.4 Å². The Kier molecular flexibility index (Phi) is 15.7. The number of nitrogens with zero attached hydrogens (tertiary/aromatic N) is 4. The molecule has 0 spiro atoms. The monoisotopic (exact) mass is 966 g/mol. The van der Waals surface area contributed by atoms with Crippen LogP contribution in [0.4, 0.5) is 9.59 Å².